The van der Waals surface area contributed by atoms with Crippen molar-refractivity contribution in [3.63, 3.8) is 0 Å². The van der Waals surface area contributed by atoms with Crippen molar-refractivity contribution in [1.82, 2.24) is 0 Å². The first-order chi connectivity index (χ1) is 13.6. The lowest BCUT2D eigenvalue weighted by Gasteiger charge is -2.28. The molecular formula is C24H27F2NS. The molecule has 2 aromatic rings. The van der Waals surface area contributed by atoms with Crippen LogP contribution in [0.15, 0.2) is 41.4 Å². The second-order valence-electron chi connectivity index (χ2n) is 7.86. The van der Waals surface area contributed by atoms with Crippen LogP contribution in [0.2, 0.25) is 0 Å². The first-order valence-corrected chi connectivity index (χ1v) is 10.7. The van der Waals surface area contributed by atoms with Gasteiger partial charge in [-0.05, 0) is 91.4 Å². The Kier molecular flexibility index (Phi) is 7.47. The summed E-state index contributed by atoms with van der Waals surface area (Å²) in [5.41, 5.74) is 2.87. The van der Waals surface area contributed by atoms with Crippen LogP contribution in [0.4, 0.5) is 14.5 Å². The van der Waals surface area contributed by atoms with Gasteiger partial charge in [0.15, 0.2) is 11.6 Å². The van der Waals surface area contributed by atoms with Crippen molar-refractivity contribution in [2.24, 2.45) is 10.9 Å². The number of nitrogens with zero attached hydrogens (tertiary/aromatic N) is 1. The molecule has 3 rings (SSSR count). The van der Waals surface area contributed by atoms with Crippen LogP contribution < -0.4 is 0 Å². The second kappa shape index (κ2) is 10.0. The number of aryl methyl sites for hydroxylation is 2. The van der Waals surface area contributed by atoms with Crippen LogP contribution in [0, 0.1) is 17.6 Å². The Balaban J connectivity index is 1.57. The zero-order chi connectivity index (χ0) is 19.9. The van der Waals surface area contributed by atoms with E-state index in [0.717, 1.165) is 12.3 Å². The van der Waals surface area contributed by atoms with Crippen LogP contribution in [0.25, 0.3) is 0 Å². The van der Waals surface area contributed by atoms with Gasteiger partial charge in [-0.25, -0.2) is 8.78 Å². The maximum absolute atomic E-state index is 13.9. The Bertz CT molecular complexity index is 809. The van der Waals surface area contributed by atoms with Gasteiger partial charge < -0.3 is 0 Å². The van der Waals surface area contributed by atoms with Gasteiger partial charge in [0.1, 0.15) is 5.69 Å². The molecule has 28 heavy (non-hydrogen) atoms. The predicted molar refractivity (Wildman–Crippen MR) is 115 cm³/mol. The fraction of sp³-hybridized carbons (Fsp3) is 0.458. The topological polar surface area (TPSA) is 12.4 Å². The molecule has 0 radical (unpaired) electrons. The molecule has 0 spiro atoms. The van der Waals surface area contributed by atoms with E-state index in [1.807, 2.05) is 5.16 Å². The molecule has 0 aliphatic heterocycles. The molecule has 0 N–H and O–H groups in total. The number of thiocarbonyl (C=S) groups is 1. The lowest BCUT2D eigenvalue weighted by atomic mass is 9.77. The minimum absolute atomic E-state index is 0.364. The number of isothiocyanates is 1. The highest BCUT2D eigenvalue weighted by Crippen LogP contribution is 2.37. The van der Waals surface area contributed by atoms with Crippen LogP contribution in [-0.4, -0.2) is 5.16 Å². The maximum Gasteiger partial charge on any atom is 0.152 e. The Morgan fingerprint density at radius 2 is 1.57 bits per heavy atom. The number of rotatable bonds is 7. The summed E-state index contributed by atoms with van der Waals surface area (Å²) in [6.45, 7) is 2.27. The van der Waals surface area contributed by atoms with Crippen molar-refractivity contribution >= 4 is 23.1 Å². The van der Waals surface area contributed by atoms with E-state index in [9.17, 15) is 8.78 Å². The molecule has 1 saturated carbocycles. The van der Waals surface area contributed by atoms with E-state index in [-0.39, 0.29) is 5.69 Å². The summed E-state index contributed by atoms with van der Waals surface area (Å²) in [5.74, 6) is 0.213. The molecule has 1 aliphatic rings. The minimum atomic E-state index is -0.693. The third kappa shape index (κ3) is 5.33. The first kappa shape index (κ1) is 20.8. The average Bonchev–Trinajstić information content (AvgIpc) is 2.70. The lowest BCUT2D eigenvalue weighted by molar-refractivity contribution is 0.308. The predicted octanol–water partition coefficient (Wildman–Crippen LogP) is 7.56. The summed E-state index contributed by atoms with van der Waals surface area (Å²) < 4.78 is 27.9. The van der Waals surface area contributed by atoms with Crippen molar-refractivity contribution in [2.45, 2.75) is 64.2 Å². The number of benzene rings is 2. The van der Waals surface area contributed by atoms with Gasteiger partial charge in [0.25, 0.3) is 0 Å². The smallest absolute Gasteiger partial charge is 0.152 e. The van der Waals surface area contributed by atoms with Gasteiger partial charge in [-0.15, -0.1) is 0 Å². The summed E-state index contributed by atoms with van der Waals surface area (Å²) in [7, 11) is 0. The average molecular weight is 400 g/mol. The quantitative estimate of drug-likeness (QED) is 0.346. The van der Waals surface area contributed by atoms with Gasteiger partial charge in [0, 0.05) is 0 Å². The largest absolute Gasteiger partial charge is 0.204 e. The van der Waals surface area contributed by atoms with Crippen molar-refractivity contribution in [3.05, 3.63) is 64.7 Å². The molecule has 0 heterocycles. The molecule has 0 atom stereocenters. The molecule has 0 unspecified atom stereocenters. The highest BCUT2D eigenvalue weighted by atomic mass is 32.1. The minimum Gasteiger partial charge on any atom is -0.204 e. The van der Waals surface area contributed by atoms with Gasteiger partial charge in [-0.2, -0.15) is 4.99 Å². The summed E-state index contributed by atoms with van der Waals surface area (Å²) in [6.07, 6.45) is 9.26. The van der Waals surface area contributed by atoms with Crippen LogP contribution in [0.1, 0.15) is 68.1 Å². The molecule has 1 fully saturated rings. The van der Waals surface area contributed by atoms with Gasteiger partial charge >= 0.3 is 0 Å². The normalized spacial score (nSPS) is 19.2. The van der Waals surface area contributed by atoms with E-state index >= 15 is 0 Å². The SMILES string of the molecule is CCCC1CCC(c2ccc(CCc3cc(F)c(N=C=S)c(F)c3)cc2)CC1. The zero-order valence-corrected chi connectivity index (χ0v) is 17.2. The van der Waals surface area contributed by atoms with Gasteiger partial charge in [-0.3, -0.25) is 0 Å². The third-order valence-corrected chi connectivity index (χ3v) is 6.02. The number of hydrogen-bond donors (Lipinski definition) is 0. The summed E-state index contributed by atoms with van der Waals surface area (Å²) in [4.78, 5) is 3.45. The monoisotopic (exact) mass is 399 g/mol. The van der Waals surface area contributed by atoms with Gasteiger partial charge in [0.05, 0.1) is 5.16 Å². The molecule has 148 valence electrons. The summed E-state index contributed by atoms with van der Waals surface area (Å²) in [5, 5.41) is 2.01. The van der Waals surface area contributed by atoms with Crippen molar-refractivity contribution in [2.75, 3.05) is 0 Å². The van der Waals surface area contributed by atoms with E-state index in [1.165, 1.54) is 61.8 Å². The molecule has 0 bridgehead atoms. The van der Waals surface area contributed by atoms with E-state index in [4.69, 9.17) is 0 Å². The molecule has 0 saturated heterocycles. The van der Waals surface area contributed by atoms with E-state index in [0.29, 0.717) is 17.9 Å². The Labute approximate surface area is 171 Å². The molecular weight excluding hydrogens is 372 g/mol. The highest BCUT2D eigenvalue weighted by Gasteiger charge is 2.21. The van der Waals surface area contributed by atoms with Crippen LogP contribution >= 0.6 is 12.2 Å². The third-order valence-electron chi connectivity index (χ3n) is 5.93. The highest BCUT2D eigenvalue weighted by molar-refractivity contribution is 7.78. The molecule has 1 aliphatic carbocycles. The Morgan fingerprint density at radius 1 is 0.964 bits per heavy atom. The molecule has 0 amide bonds. The molecule has 4 heteroatoms. The Hall–Kier alpha value is -1.90. The van der Waals surface area contributed by atoms with Gasteiger partial charge in [0.2, 0.25) is 0 Å². The van der Waals surface area contributed by atoms with Crippen molar-refractivity contribution in [3.8, 4) is 0 Å². The van der Waals surface area contributed by atoms with Crippen molar-refractivity contribution < 1.29 is 8.78 Å². The maximum atomic E-state index is 13.9. The molecule has 2 aromatic carbocycles. The fourth-order valence-electron chi connectivity index (χ4n) is 4.35. The van der Waals surface area contributed by atoms with Crippen LogP contribution in [-0.2, 0) is 12.8 Å². The van der Waals surface area contributed by atoms with E-state index in [2.05, 4.69) is 48.4 Å². The fourth-order valence-corrected chi connectivity index (χ4v) is 4.44. The number of halogens is 2. The van der Waals surface area contributed by atoms with E-state index < -0.39 is 11.6 Å². The summed E-state index contributed by atoms with van der Waals surface area (Å²) >= 11 is 4.43. The lowest BCUT2D eigenvalue weighted by Crippen LogP contribution is -2.13. The molecule has 0 aromatic heterocycles. The number of aliphatic imine (C=N–C) groups is 1. The zero-order valence-electron chi connectivity index (χ0n) is 16.4. The van der Waals surface area contributed by atoms with Gasteiger partial charge in [-0.1, -0.05) is 44.0 Å². The van der Waals surface area contributed by atoms with E-state index in [1.54, 1.807) is 0 Å². The Morgan fingerprint density at radius 3 is 2.14 bits per heavy atom. The summed E-state index contributed by atoms with van der Waals surface area (Å²) in [6, 6.07) is 11.4. The standard InChI is InChI=1S/C24H27F2NS/c1-2-3-17-6-10-20(11-7-17)21-12-8-18(9-13-21)4-5-19-14-22(25)24(27-16-28)23(26)15-19/h8-9,12-15,17,20H,2-7,10-11H2,1H3. The first-order valence-electron chi connectivity index (χ1n) is 10.2. The van der Waals surface area contributed by atoms with Crippen LogP contribution in [0.3, 0.4) is 0 Å². The molecule has 1 nitrogen and oxygen atoms in total. The van der Waals surface area contributed by atoms with Crippen molar-refractivity contribution in [1.29, 1.82) is 0 Å². The second-order valence-corrected chi connectivity index (χ2v) is 8.04. The van der Waals surface area contributed by atoms with Crippen LogP contribution in [0.5, 0.6) is 0 Å². The number of hydrogen-bond acceptors (Lipinski definition) is 2.